The van der Waals surface area contributed by atoms with Crippen LogP contribution in [0.1, 0.15) is 45.5 Å². The highest BCUT2D eigenvalue weighted by Gasteiger charge is 2.36. The second-order valence-corrected chi connectivity index (χ2v) is 8.54. The predicted octanol–water partition coefficient (Wildman–Crippen LogP) is 3.60. The smallest absolute Gasteiger partial charge is 0.417 e. The Hall–Kier alpha value is -3.30. The summed E-state index contributed by atoms with van der Waals surface area (Å²) in [5.41, 5.74) is -0.931. The molecule has 7 nitrogen and oxygen atoms in total. The van der Waals surface area contributed by atoms with Gasteiger partial charge in [-0.1, -0.05) is 25.0 Å². The molecule has 4 rings (SSSR count). The van der Waals surface area contributed by atoms with Crippen molar-refractivity contribution in [1.29, 1.82) is 0 Å². The molecule has 0 atom stereocenters. The van der Waals surface area contributed by atoms with Crippen LogP contribution in [0.5, 0.6) is 5.88 Å². The van der Waals surface area contributed by atoms with Gasteiger partial charge in [-0.3, -0.25) is 9.59 Å². The lowest BCUT2D eigenvalue weighted by Gasteiger charge is -2.36. The van der Waals surface area contributed by atoms with Gasteiger partial charge >= 0.3 is 6.18 Å². The molecule has 1 saturated heterocycles. The predicted molar refractivity (Wildman–Crippen MR) is 120 cm³/mol. The molecule has 1 aliphatic carbocycles. The minimum Gasteiger partial charge on any atom is -0.480 e. The van der Waals surface area contributed by atoms with Crippen molar-refractivity contribution in [3.63, 3.8) is 0 Å². The molecule has 2 heterocycles. The Bertz CT molecular complexity index is 1050. The Morgan fingerprint density at radius 1 is 1.06 bits per heavy atom. The van der Waals surface area contributed by atoms with Crippen LogP contribution in [0.3, 0.4) is 0 Å². The van der Waals surface area contributed by atoms with E-state index in [0.29, 0.717) is 31.0 Å². The van der Waals surface area contributed by atoms with Crippen molar-refractivity contribution in [3.8, 4) is 5.88 Å². The highest BCUT2D eigenvalue weighted by Crippen LogP contribution is 2.33. The summed E-state index contributed by atoms with van der Waals surface area (Å²) in [6, 6.07) is 8.20. The molecule has 1 saturated carbocycles. The first-order valence-electron chi connectivity index (χ1n) is 11.3. The SMILES string of the molecule is COc1nc(N2CCN(C(=O)c3ccccc3C(F)(F)F)CC2)ccc1C(=O)NCCC1CC1. The van der Waals surface area contributed by atoms with Crippen LogP contribution in [-0.4, -0.2) is 61.5 Å². The number of methoxy groups -OCH3 is 1. The molecule has 2 amide bonds. The Labute approximate surface area is 195 Å². The number of benzene rings is 1. The number of hydrogen-bond donors (Lipinski definition) is 1. The molecule has 2 aromatic rings. The van der Waals surface area contributed by atoms with Crippen molar-refractivity contribution in [1.82, 2.24) is 15.2 Å². The van der Waals surface area contributed by atoms with Crippen LogP contribution in [0.4, 0.5) is 19.0 Å². The highest BCUT2D eigenvalue weighted by molar-refractivity contribution is 5.97. The number of pyridine rings is 1. The molecule has 1 N–H and O–H groups in total. The fourth-order valence-electron chi connectivity index (χ4n) is 4.05. The molecule has 0 unspecified atom stereocenters. The first-order chi connectivity index (χ1) is 16.3. The molecule has 34 heavy (non-hydrogen) atoms. The number of aromatic nitrogens is 1. The second-order valence-electron chi connectivity index (χ2n) is 8.54. The number of amides is 2. The summed E-state index contributed by atoms with van der Waals surface area (Å²) >= 11 is 0. The summed E-state index contributed by atoms with van der Waals surface area (Å²) in [6.45, 7) is 1.89. The van der Waals surface area contributed by atoms with Crippen molar-refractivity contribution in [3.05, 3.63) is 53.1 Å². The fourth-order valence-corrected chi connectivity index (χ4v) is 4.05. The summed E-state index contributed by atoms with van der Waals surface area (Å²) in [4.78, 5) is 33.1. The number of carbonyl (C=O) groups excluding carboxylic acids is 2. The molecule has 1 aromatic carbocycles. The van der Waals surface area contributed by atoms with Gasteiger partial charge in [0.1, 0.15) is 11.4 Å². The van der Waals surface area contributed by atoms with E-state index in [0.717, 1.165) is 18.4 Å². The Balaban J connectivity index is 1.39. The van der Waals surface area contributed by atoms with Gasteiger partial charge in [0.15, 0.2) is 0 Å². The number of nitrogens with one attached hydrogen (secondary N) is 1. The number of hydrogen-bond acceptors (Lipinski definition) is 5. The van der Waals surface area contributed by atoms with E-state index in [9.17, 15) is 22.8 Å². The van der Waals surface area contributed by atoms with Gasteiger partial charge in [0.2, 0.25) is 5.88 Å². The number of alkyl halides is 3. The lowest BCUT2D eigenvalue weighted by atomic mass is 10.1. The largest absolute Gasteiger partial charge is 0.480 e. The minimum atomic E-state index is -4.60. The summed E-state index contributed by atoms with van der Waals surface area (Å²) in [6.07, 6.45) is -1.18. The van der Waals surface area contributed by atoms with Gasteiger partial charge in [0, 0.05) is 32.7 Å². The van der Waals surface area contributed by atoms with E-state index < -0.39 is 17.6 Å². The molecule has 2 aliphatic rings. The molecule has 0 spiro atoms. The lowest BCUT2D eigenvalue weighted by Crippen LogP contribution is -2.49. The van der Waals surface area contributed by atoms with E-state index in [1.807, 2.05) is 4.90 Å². The number of piperazine rings is 1. The van der Waals surface area contributed by atoms with E-state index >= 15 is 0 Å². The molecule has 0 radical (unpaired) electrons. The first kappa shape index (κ1) is 23.8. The number of ether oxygens (including phenoxy) is 1. The summed E-state index contributed by atoms with van der Waals surface area (Å²) in [7, 11) is 1.45. The topological polar surface area (TPSA) is 74.8 Å². The van der Waals surface area contributed by atoms with Gasteiger partial charge in [-0.2, -0.15) is 18.2 Å². The van der Waals surface area contributed by atoms with E-state index in [4.69, 9.17) is 4.74 Å². The van der Waals surface area contributed by atoms with Gasteiger partial charge in [-0.15, -0.1) is 0 Å². The van der Waals surface area contributed by atoms with E-state index in [-0.39, 0.29) is 30.4 Å². The Kier molecular flexibility index (Phi) is 6.95. The average Bonchev–Trinajstić information content (AvgIpc) is 3.67. The van der Waals surface area contributed by atoms with E-state index in [2.05, 4.69) is 10.3 Å². The van der Waals surface area contributed by atoms with Crippen LogP contribution in [0.2, 0.25) is 0 Å². The van der Waals surface area contributed by atoms with Gasteiger partial charge in [-0.25, -0.2) is 0 Å². The number of rotatable bonds is 7. The third-order valence-electron chi connectivity index (χ3n) is 6.17. The van der Waals surface area contributed by atoms with Gasteiger partial charge in [-0.05, 0) is 36.6 Å². The molecule has 1 aromatic heterocycles. The molecule has 1 aliphatic heterocycles. The first-order valence-corrected chi connectivity index (χ1v) is 11.3. The zero-order valence-corrected chi connectivity index (χ0v) is 18.9. The number of nitrogens with zero attached hydrogens (tertiary/aromatic N) is 3. The van der Waals surface area contributed by atoms with Gasteiger partial charge < -0.3 is 19.9 Å². The third kappa shape index (κ3) is 5.43. The molecule has 0 bridgehead atoms. The van der Waals surface area contributed by atoms with Gasteiger partial charge in [0.25, 0.3) is 11.8 Å². The normalized spacial score (nSPS) is 16.4. The zero-order valence-electron chi connectivity index (χ0n) is 18.9. The summed E-state index contributed by atoms with van der Waals surface area (Å²) in [5, 5.41) is 2.90. The molecule has 10 heteroatoms. The Morgan fingerprint density at radius 2 is 1.76 bits per heavy atom. The van der Waals surface area contributed by atoms with Gasteiger partial charge in [0.05, 0.1) is 18.2 Å². The second kappa shape index (κ2) is 9.90. The van der Waals surface area contributed by atoms with Crippen molar-refractivity contribution >= 4 is 17.6 Å². The molecule has 182 valence electrons. The maximum Gasteiger partial charge on any atom is 0.417 e. The van der Waals surface area contributed by atoms with Crippen LogP contribution < -0.4 is 15.0 Å². The van der Waals surface area contributed by atoms with Crippen LogP contribution >= 0.6 is 0 Å². The number of anilines is 1. The maximum absolute atomic E-state index is 13.3. The third-order valence-corrected chi connectivity index (χ3v) is 6.17. The van der Waals surface area contributed by atoms with Crippen LogP contribution in [0, 0.1) is 5.92 Å². The fraction of sp³-hybridized carbons (Fsp3) is 0.458. The lowest BCUT2D eigenvalue weighted by molar-refractivity contribution is -0.138. The zero-order chi connectivity index (χ0) is 24.3. The Morgan fingerprint density at radius 3 is 2.41 bits per heavy atom. The quantitative estimate of drug-likeness (QED) is 0.661. The minimum absolute atomic E-state index is 0.207. The summed E-state index contributed by atoms with van der Waals surface area (Å²) < 4.78 is 45.2. The van der Waals surface area contributed by atoms with Crippen LogP contribution in [0.25, 0.3) is 0 Å². The highest BCUT2D eigenvalue weighted by atomic mass is 19.4. The number of halogens is 3. The average molecular weight is 476 g/mol. The summed E-state index contributed by atoms with van der Waals surface area (Å²) in [5.74, 6) is 0.620. The molecular formula is C24H27F3N4O3. The van der Waals surface area contributed by atoms with Crippen LogP contribution in [0.15, 0.2) is 36.4 Å². The van der Waals surface area contributed by atoms with E-state index in [1.54, 1.807) is 12.1 Å². The maximum atomic E-state index is 13.3. The van der Waals surface area contributed by atoms with Crippen molar-refractivity contribution in [2.75, 3.05) is 44.7 Å². The number of carbonyl (C=O) groups is 2. The molecular weight excluding hydrogens is 449 g/mol. The molecule has 2 fully saturated rings. The monoisotopic (exact) mass is 476 g/mol. The standard InChI is InChI=1S/C24H27F3N4O3/c1-34-22-18(21(32)28-11-10-16-6-7-16)8-9-20(29-22)30-12-14-31(15-13-30)23(33)17-4-2-3-5-19(17)24(25,26)27/h2-5,8-9,16H,6-7,10-15H2,1H3,(H,28,32). The van der Waals surface area contributed by atoms with Crippen molar-refractivity contribution in [2.24, 2.45) is 5.92 Å². The van der Waals surface area contributed by atoms with E-state index in [1.165, 1.54) is 43.1 Å². The van der Waals surface area contributed by atoms with Crippen molar-refractivity contribution < 1.29 is 27.5 Å². The van der Waals surface area contributed by atoms with Crippen molar-refractivity contribution in [2.45, 2.75) is 25.4 Å². The van der Waals surface area contributed by atoms with Crippen LogP contribution in [-0.2, 0) is 6.18 Å².